The lowest BCUT2D eigenvalue weighted by Gasteiger charge is -2.29. The van der Waals surface area contributed by atoms with Crippen molar-refractivity contribution in [2.75, 3.05) is 12.4 Å². The molecule has 0 aromatic heterocycles. The maximum Gasteiger partial charge on any atom is 0.311 e. The molecule has 4 heteroatoms. The standard InChI is InChI=1S/C12H22O3S/c1-12(2,3)9(6-8-16)11(13)15-10-5-4-7-14-10/h9-10,16H,4-8H2,1-3H3. The Kier molecular flexibility index (Phi) is 5.12. The maximum atomic E-state index is 12.0. The van der Waals surface area contributed by atoms with E-state index < -0.39 is 0 Å². The largest absolute Gasteiger partial charge is 0.436 e. The van der Waals surface area contributed by atoms with E-state index >= 15 is 0 Å². The van der Waals surface area contributed by atoms with Gasteiger partial charge in [0.05, 0.1) is 12.5 Å². The minimum atomic E-state index is -0.322. The Bertz CT molecular complexity index is 229. The number of carbonyl (C=O) groups excluding carboxylic acids is 1. The van der Waals surface area contributed by atoms with Gasteiger partial charge < -0.3 is 9.47 Å². The van der Waals surface area contributed by atoms with Crippen LogP contribution in [0.15, 0.2) is 0 Å². The molecule has 1 heterocycles. The van der Waals surface area contributed by atoms with Gasteiger partial charge in [0.25, 0.3) is 0 Å². The summed E-state index contributed by atoms with van der Waals surface area (Å²) >= 11 is 4.20. The van der Waals surface area contributed by atoms with E-state index in [9.17, 15) is 4.79 Å². The number of hydrogen-bond acceptors (Lipinski definition) is 4. The van der Waals surface area contributed by atoms with Crippen molar-refractivity contribution < 1.29 is 14.3 Å². The highest BCUT2D eigenvalue weighted by atomic mass is 32.1. The molecule has 1 aliphatic rings. The van der Waals surface area contributed by atoms with Crippen LogP contribution >= 0.6 is 12.6 Å². The molecule has 0 bridgehead atoms. The van der Waals surface area contributed by atoms with E-state index in [1.807, 2.05) is 0 Å². The van der Waals surface area contributed by atoms with E-state index in [1.54, 1.807) is 0 Å². The number of carbonyl (C=O) groups is 1. The molecular formula is C12H22O3S. The summed E-state index contributed by atoms with van der Waals surface area (Å²) < 4.78 is 10.7. The molecule has 2 atom stereocenters. The second kappa shape index (κ2) is 5.92. The first-order valence-electron chi connectivity index (χ1n) is 5.88. The van der Waals surface area contributed by atoms with E-state index in [1.165, 1.54) is 0 Å². The molecule has 0 amide bonds. The predicted octanol–water partition coefficient (Wildman–Crippen LogP) is 2.65. The van der Waals surface area contributed by atoms with Crippen molar-refractivity contribution in [3.63, 3.8) is 0 Å². The summed E-state index contributed by atoms with van der Waals surface area (Å²) in [5.41, 5.74) is -0.0849. The molecular weight excluding hydrogens is 224 g/mol. The van der Waals surface area contributed by atoms with Crippen LogP contribution in [0.3, 0.4) is 0 Å². The van der Waals surface area contributed by atoms with Gasteiger partial charge in [-0.25, -0.2) is 0 Å². The molecule has 0 aromatic carbocycles. The fraction of sp³-hybridized carbons (Fsp3) is 0.917. The molecule has 0 aliphatic carbocycles. The van der Waals surface area contributed by atoms with Crippen molar-refractivity contribution in [1.82, 2.24) is 0 Å². The van der Waals surface area contributed by atoms with Gasteiger partial charge in [-0.15, -0.1) is 0 Å². The molecule has 0 N–H and O–H groups in total. The lowest BCUT2D eigenvalue weighted by molar-refractivity contribution is -0.178. The third kappa shape index (κ3) is 3.98. The average Bonchev–Trinajstić information content (AvgIpc) is 2.64. The van der Waals surface area contributed by atoms with Crippen LogP contribution in [0, 0.1) is 11.3 Å². The van der Waals surface area contributed by atoms with Gasteiger partial charge in [-0.2, -0.15) is 12.6 Å². The Morgan fingerprint density at radius 1 is 1.56 bits per heavy atom. The zero-order valence-corrected chi connectivity index (χ0v) is 11.3. The van der Waals surface area contributed by atoms with Gasteiger partial charge in [0, 0.05) is 6.42 Å². The van der Waals surface area contributed by atoms with Crippen LogP contribution in [0.25, 0.3) is 0 Å². The van der Waals surface area contributed by atoms with E-state index in [2.05, 4.69) is 33.4 Å². The number of rotatable bonds is 4. The maximum absolute atomic E-state index is 12.0. The van der Waals surface area contributed by atoms with Crippen LogP contribution in [0.1, 0.15) is 40.0 Å². The highest BCUT2D eigenvalue weighted by molar-refractivity contribution is 7.80. The van der Waals surface area contributed by atoms with Crippen molar-refractivity contribution in [2.45, 2.75) is 46.3 Å². The van der Waals surface area contributed by atoms with E-state index in [0.717, 1.165) is 19.3 Å². The minimum Gasteiger partial charge on any atom is -0.436 e. The molecule has 1 fully saturated rings. The van der Waals surface area contributed by atoms with E-state index in [0.29, 0.717) is 12.4 Å². The Morgan fingerprint density at radius 3 is 2.69 bits per heavy atom. The zero-order chi connectivity index (χ0) is 12.2. The topological polar surface area (TPSA) is 35.5 Å². The van der Waals surface area contributed by atoms with Gasteiger partial charge in [0.1, 0.15) is 0 Å². The van der Waals surface area contributed by atoms with Gasteiger partial charge >= 0.3 is 5.97 Å². The lowest BCUT2D eigenvalue weighted by atomic mass is 9.79. The first kappa shape index (κ1) is 13.8. The summed E-state index contributed by atoms with van der Waals surface area (Å²) in [6, 6.07) is 0. The number of thiol groups is 1. The molecule has 1 rings (SSSR count). The molecule has 16 heavy (non-hydrogen) atoms. The minimum absolute atomic E-state index is 0.0849. The third-order valence-corrected chi connectivity index (χ3v) is 3.14. The Labute approximate surface area is 103 Å². The van der Waals surface area contributed by atoms with Gasteiger partial charge in [0.15, 0.2) is 0 Å². The van der Waals surface area contributed by atoms with Crippen LogP contribution < -0.4 is 0 Å². The zero-order valence-electron chi connectivity index (χ0n) is 10.4. The summed E-state index contributed by atoms with van der Waals surface area (Å²) in [5, 5.41) is 0. The molecule has 94 valence electrons. The molecule has 0 aromatic rings. The molecule has 1 aliphatic heterocycles. The monoisotopic (exact) mass is 246 g/mol. The molecule has 0 saturated carbocycles. The van der Waals surface area contributed by atoms with E-state index in [-0.39, 0.29) is 23.6 Å². The van der Waals surface area contributed by atoms with Gasteiger partial charge in [-0.3, -0.25) is 4.79 Å². The quantitative estimate of drug-likeness (QED) is 0.612. The first-order chi connectivity index (χ1) is 7.45. The summed E-state index contributed by atoms with van der Waals surface area (Å²) in [4.78, 5) is 12.0. The molecule has 0 radical (unpaired) electrons. The summed E-state index contributed by atoms with van der Waals surface area (Å²) in [6.07, 6.45) is 2.23. The number of ether oxygens (including phenoxy) is 2. The molecule has 1 saturated heterocycles. The third-order valence-electron chi connectivity index (χ3n) is 2.88. The van der Waals surface area contributed by atoms with E-state index in [4.69, 9.17) is 9.47 Å². The van der Waals surface area contributed by atoms with Gasteiger partial charge in [0.2, 0.25) is 6.29 Å². The number of esters is 1. The summed E-state index contributed by atoms with van der Waals surface area (Å²) in [5.74, 6) is 0.449. The van der Waals surface area contributed by atoms with Gasteiger partial charge in [-0.05, 0) is 24.0 Å². The van der Waals surface area contributed by atoms with Crippen molar-refractivity contribution in [1.29, 1.82) is 0 Å². The SMILES string of the molecule is CC(C)(C)C(CCS)C(=O)OC1CCCO1. The Hall–Kier alpha value is -0.220. The Morgan fingerprint density at radius 2 is 2.25 bits per heavy atom. The van der Waals surface area contributed by atoms with Crippen LogP contribution in [0.2, 0.25) is 0 Å². The smallest absolute Gasteiger partial charge is 0.311 e. The Balaban J connectivity index is 2.52. The number of hydrogen-bond donors (Lipinski definition) is 1. The van der Waals surface area contributed by atoms with Crippen LogP contribution in [-0.4, -0.2) is 24.6 Å². The molecule has 3 nitrogen and oxygen atoms in total. The second-order valence-corrected chi connectivity index (χ2v) is 5.76. The normalized spacial score (nSPS) is 23.1. The fourth-order valence-corrected chi connectivity index (χ4v) is 2.14. The molecule has 0 spiro atoms. The average molecular weight is 246 g/mol. The second-order valence-electron chi connectivity index (χ2n) is 5.31. The van der Waals surface area contributed by atoms with Crippen molar-refractivity contribution in [3.05, 3.63) is 0 Å². The van der Waals surface area contributed by atoms with Crippen molar-refractivity contribution >= 4 is 18.6 Å². The van der Waals surface area contributed by atoms with Crippen LogP contribution in [-0.2, 0) is 14.3 Å². The van der Waals surface area contributed by atoms with Crippen LogP contribution in [0.5, 0.6) is 0 Å². The van der Waals surface area contributed by atoms with Crippen molar-refractivity contribution in [2.24, 2.45) is 11.3 Å². The predicted molar refractivity (Wildman–Crippen MR) is 66.5 cm³/mol. The highest BCUT2D eigenvalue weighted by Gasteiger charge is 2.34. The fourth-order valence-electron chi connectivity index (χ4n) is 1.89. The van der Waals surface area contributed by atoms with Gasteiger partial charge in [-0.1, -0.05) is 20.8 Å². The van der Waals surface area contributed by atoms with Crippen LogP contribution in [0.4, 0.5) is 0 Å². The summed E-state index contributed by atoms with van der Waals surface area (Å²) in [7, 11) is 0. The first-order valence-corrected chi connectivity index (χ1v) is 6.51. The van der Waals surface area contributed by atoms with Crippen molar-refractivity contribution in [3.8, 4) is 0 Å². The molecule has 2 unspecified atom stereocenters. The lowest BCUT2D eigenvalue weighted by Crippen LogP contribution is -2.33. The summed E-state index contributed by atoms with van der Waals surface area (Å²) in [6.45, 7) is 6.86. The highest BCUT2D eigenvalue weighted by Crippen LogP contribution is 2.31.